The number of hydrogen-bond acceptors (Lipinski definition) is 2. The Labute approximate surface area is 168 Å². The number of hydrogen-bond donors (Lipinski definition) is 2. The predicted molar refractivity (Wildman–Crippen MR) is 118 cm³/mol. The smallest absolute Gasteiger partial charge is 0.146 e. The molecule has 0 bridgehead atoms. The fourth-order valence-corrected chi connectivity index (χ4v) is 3.37. The summed E-state index contributed by atoms with van der Waals surface area (Å²) in [5, 5.41) is 6.15. The Morgan fingerprint density at radius 3 is 2.22 bits per heavy atom. The second-order valence-electron chi connectivity index (χ2n) is 8.04. The maximum Gasteiger partial charge on any atom is 0.146 e. The molecule has 0 aromatic heterocycles. The minimum Gasteiger partial charge on any atom is -0.386 e. The molecule has 0 amide bonds. The van der Waals surface area contributed by atoms with Crippen LogP contribution in [-0.2, 0) is 18.4 Å². The van der Waals surface area contributed by atoms with Gasteiger partial charge in [0.05, 0.1) is 10.7 Å². The van der Waals surface area contributed by atoms with Crippen molar-refractivity contribution in [3.05, 3.63) is 65.0 Å². The molecule has 2 N–H and O–H groups in total. The van der Waals surface area contributed by atoms with E-state index < -0.39 is 0 Å². The number of halogens is 1. The Balaban J connectivity index is 1.96. The first-order chi connectivity index (χ1) is 12.7. The van der Waals surface area contributed by atoms with E-state index in [0.29, 0.717) is 12.2 Å². The lowest BCUT2D eigenvalue weighted by atomic mass is 9.86. The van der Waals surface area contributed by atoms with Crippen molar-refractivity contribution in [1.29, 1.82) is 0 Å². The third-order valence-electron chi connectivity index (χ3n) is 4.94. The Morgan fingerprint density at radius 1 is 1.07 bits per heavy atom. The van der Waals surface area contributed by atoms with Crippen molar-refractivity contribution < 1.29 is 4.39 Å². The van der Waals surface area contributed by atoms with Gasteiger partial charge >= 0.3 is 0 Å². The van der Waals surface area contributed by atoms with E-state index >= 15 is 0 Å². The van der Waals surface area contributed by atoms with Gasteiger partial charge in [0.15, 0.2) is 0 Å². The van der Waals surface area contributed by atoms with Crippen LogP contribution in [0.15, 0.2) is 42.5 Å². The van der Waals surface area contributed by atoms with Crippen molar-refractivity contribution in [2.75, 3.05) is 12.4 Å². The highest BCUT2D eigenvalue weighted by Gasteiger charge is 2.16. The van der Waals surface area contributed by atoms with Crippen LogP contribution in [0.4, 0.5) is 10.1 Å². The lowest BCUT2D eigenvalue weighted by Crippen LogP contribution is -2.29. The van der Waals surface area contributed by atoms with Crippen LogP contribution in [0.2, 0.25) is 0 Å². The largest absolute Gasteiger partial charge is 0.386 e. The Morgan fingerprint density at radius 2 is 1.70 bits per heavy atom. The summed E-state index contributed by atoms with van der Waals surface area (Å²) in [6.07, 6.45) is 1.89. The number of anilines is 1. The minimum atomic E-state index is -0.242. The summed E-state index contributed by atoms with van der Waals surface area (Å²) in [6.45, 7) is 9.37. The van der Waals surface area contributed by atoms with Crippen LogP contribution in [0, 0.1) is 11.7 Å². The summed E-state index contributed by atoms with van der Waals surface area (Å²) >= 11 is 5.62. The molecule has 27 heavy (non-hydrogen) atoms. The molecule has 2 aromatic carbocycles. The van der Waals surface area contributed by atoms with Crippen molar-refractivity contribution in [1.82, 2.24) is 5.32 Å². The first kappa shape index (κ1) is 21.4. The molecule has 0 saturated carbocycles. The summed E-state index contributed by atoms with van der Waals surface area (Å²) < 4.78 is 13.9. The predicted octanol–water partition coefficient (Wildman–Crippen LogP) is 5.85. The molecule has 1 atom stereocenters. The van der Waals surface area contributed by atoms with Crippen LogP contribution < -0.4 is 10.6 Å². The van der Waals surface area contributed by atoms with Gasteiger partial charge in [-0.15, -0.1) is 0 Å². The number of rotatable bonds is 7. The van der Waals surface area contributed by atoms with Crippen LogP contribution >= 0.6 is 12.2 Å². The van der Waals surface area contributed by atoms with E-state index in [1.807, 2.05) is 6.07 Å². The normalized spacial score (nSPS) is 12.5. The Hall–Kier alpha value is -1.94. The van der Waals surface area contributed by atoms with Crippen LogP contribution in [0.1, 0.15) is 50.8 Å². The van der Waals surface area contributed by atoms with Gasteiger partial charge in [0.1, 0.15) is 5.82 Å². The zero-order valence-electron chi connectivity index (χ0n) is 17.0. The molecule has 2 rings (SSSR count). The lowest BCUT2D eigenvalue weighted by Gasteiger charge is -2.21. The van der Waals surface area contributed by atoms with Gasteiger partial charge in [0, 0.05) is 19.5 Å². The lowest BCUT2D eigenvalue weighted by molar-refractivity contribution is 0.589. The molecular weight excluding hydrogens is 355 g/mol. The first-order valence-corrected chi connectivity index (χ1v) is 9.98. The zero-order valence-corrected chi connectivity index (χ0v) is 17.8. The summed E-state index contributed by atoms with van der Waals surface area (Å²) in [6, 6.07) is 14.1. The van der Waals surface area contributed by atoms with Gasteiger partial charge in [-0.3, -0.25) is 0 Å². The molecule has 2 nitrogen and oxygen atoms in total. The highest BCUT2D eigenvalue weighted by Crippen LogP contribution is 2.23. The van der Waals surface area contributed by atoms with Gasteiger partial charge < -0.3 is 10.6 Å². The second kappa shape index (κ2) is 9.32. The molecule has 0 saturated heterocycles. The fourth-order valence-electron chi connectivity index (χ4n) is 3.05. The first-order valence-electron chi connectivity index (χ1n) is 9.58. The van der Waals surface area contributed by atoms with E-state index in [0.717, 1.165) is 23.4 Å². The van der Waals surface area contributed by atoms with Gasteiger partial charge in [-0.1, -0.05) is 70.2 Å². The van der Waals surface area contributed by atoms with E-state index in [2.05, 4.69) is 62.6 Å². The van der Waals surface area contributed by atoms with E-state index in [-0.39, 0.29) is 17.2 Å². The van der Waals surface area contributed by atoms with Crippen LogP contribution in [0.5, 0.6) is 0 Å². The molecule has 0 radical (unpaired) electrons. The summed E-state index contributed by atoms with van der Waals surface area (Å²) in [5.74, 6) is 0.0376. The third-order valence-corrected chi connectivity index (χ3v) is 5.41. The maximum absolute atomic E-state index is 13.9. The molecule has 1 unspecified atom stereocenters. The van der Waals surface area contributed by atoms with Crippen LogP contribution in [-0.4, -0.2) is 12.0 Å². The Kier molecular flexibility index (Phi) is 7.37. The molecule has 146 valence electrons. The molecule has 0 heterocycles. The summed E-state index contributed by atoms with van der Waals surface area (Å²) in [5.41, 5.74) is 4.19. The maximum atomic E-state index is 13.9. The number of nitrogens with one attached hydrogen (secondary N) is 2. The van der Waals surface area contributed by atoms with Gasteiger partial charge in [-0.25, -0.2) is 4.39 Å². The Bertz CT molecular complexity index is 763. The van der Waals surface area contributed by atoms with Gasteiger partial charge in [0.25, 0.3) is 0 Å². The molecule has 2 aromatic rings. The van der Waals surface area contributed by atoms with E-state index in [9.17, 15) is 4.39 Å². The van der Waals surface area contributed by atoms with E-state index in [4.69, 9.17) is 12.2 Å². The molecule has 0 aliphatic rings. The van der Waals surface area contributed by atoms with Crippen molar-refractivity contribution >= 4 is 22.9 Å². The summed E-state index contributed by atoms with van der Waals surface area (Å²) in [7, 11) is 1.71. The highest BCUT2D eigenvalue weighted by molar-refractivity contribution is 7.80. The quantitative estimate of drug-likeness (QED) is 0.584. The van der Waals surface area contributed by atoms with Crippen molar-refractivity contribution in [3.8, 4) is 0 Å². The topological polar surface area (TPSA) is 24.1 Å². The fraction of sp³-hybridized carbons (Fsp3) is 0.435. The minimum absolute atomic E-state index is 0.164. The average Bonchev–Trinajstić information content (AvgIpc) is 2.64. The monoisotopic (exact) mass is 386 g/mol. The SMILES string of the molecule is CCC(Cc1ccc(C(C)(C)C)cc1)C(=S)NCc1ccc(NC)c(F)c1. The second-order valence-corrected chi connectivity index (χ2v) is 8.48. The van der Waals surface area contributed by atoms with Crippen LogP contribution in [0.25, 0.3) is 0 Å². The number of thiocarbonyl (C=S) groups is 1. The summed E-state index contributed by atoms with van der Waals surface area (Å²) in [4.78, 5) is 0.843. The van der Waals surface area contributed by atoms with E-state index in [1.54, 1.807) is 19.2 Å². The van der Waals surface area contributed by atoms with Crippen LogP contribution in [0.3, 0.4) is 0 Å². The van der Waals surface area contributed by atoms with Crippen molar-refractivity contribution in [3.63, 3.8) is 0 Å². The third kappa shape index (κ3) is 6.03. The molecule has 0 aliphatic carbocycles. The molecule has 0 spiro atoms. The molecule has 0 fully saturated rings. The van der Waals surface area contributed by atoms with Crippen molar-refractivity contribution in [2.24, 2.45) is 5.92 Å². The molecule has 0 aliphatic heterocycles. The molecule has 4 heteroatoms. The zero-order chi connectivity index (χ0) is 20.0. The van der Waals surface area contributed by atoms with Gasteiger partial charge in [0.2, 0.25) is 0 Å². The number of benzene rings is 2. The molecular formula is C23H31FN2S. The van der Waals surface area contributed by atoms with E-state index in [1.165, 1.54) is 11.1 Å². The van der Waals surface area contributed by atoms with Gasteiger partial charge in [-0.05, 0) is 47.1 Å². The highest BCUT2D eigenvalue weighted by atomic mass is 32.1. The van der Waals surface area contributed by atoms with Gasteiger partial charge in [-0.2, -0.15) is 0 Å². The van der Waals surface area contributed by atoms with Crippen molar-refractivity contribution in [2.45, 2.75) is 52.5 Å². The average molecular weight is 387 g/mol. The standard InChI is InChI=1S/C23H31FN2S/c1-6-18(13-16-7-10-19(11-8-16)23(2,3)4)22(27)26-15-17-9-12-21(25-5)20(24)14-17/h7-12,14,18,25H,6,13,15H2,1-5H3,(H,26,27).